The fourth-order valence-corrected chi connectivity index (χ4v) is 4.43. The second-order valence-electron chi connectivity index (χ2n) is 8.35. The molecule has 0 aliphatic carbocycles. The molecular weight excluding hydrogens is 442 g/mol. The summed E-state index contributed by atoms with van der Waals surface area (Å²) >= 11 is 0. The minimum Gasteiger partial charge on any atom is -0.496 e. The highest BCUT2D eigenvalue weighted by Crippen LogP contribution is 2.37. The van der Waals surface area contributed by atoms with Gasteiger partial charge in [-0.2, -0.15) is 0 Å². The molecule has 0 saturated carbocycles. The third-order valence-electron chi connectivity index (χ3n) is 6.21. The average molecular weight is 474 g/mol. The predicted octanol–water partition coefficient (Wildman–Crippen LogP) is 3.62. The molecule has 1 atom stereocenters. The number of benzene rings is 2. The summed E-state index contributed by atoms with van der Waals surface area (Å²) in [5.41, 5.74) is 2.86. The maximum atomic E-state index is 13.7. The number of carbonyl (C=O) groups is 2. The van der Waals surface area contributed by atoms with Gasteiger partial charge in [0.05, 0.1) is 13.7 Å². The first-order valence-electron chi connectivity index (χ1n) is 11.7. The third-order valence-corrected chi connectivity index (χ3v) is 6.21. The van der Waals surface area contributed by atoms with Crippen molar-refractivity contribution in [1.82, 2.24) is 14.4 Å². The van der Waals surface area contributed by atoms with Gasteiger partial charge >= 0.3 is 0 Å². The Morgan fingerprint density at radius 1 is 1.00 bits per heavy atom. The number of rotatable bonds is 9. The van der Waals surface area contributed by atoms with Crippen molar-refractivity contribution in [3.63, 3.8) is 0 Å². The van der Waals surface area contributed by atoms with Crippen molar-refractivity contribution in [3.8, 4) is 5.75 Å². The van der Waals surface area contributed by atoms with Gasteiger partial charge in [0, 0.05) is 50.3 Å². The molecule has 4 rings (SSSR count). The summed E-state index contributed by atoms with van der Waals surface area (Å²) in [6, 6.07) is 21.1. The molecule has 1 aliphatic rings. The Morgan fingerprint density at radius 2 is 1.77 bits per heavy atom. The number of para-hydroxylation sites is 1. The number of hydrogen-bond acceptors (Lipinski definition) is 4. The van der Waals surface area contributed by atoms with E-state index in [0.717, 1.165) is 22.6 Å². The maximum Gasteiger partial charge on any atom is 0.247 e. The van der Waals surface area contributed by atoms with Crippen LogP contribution in [0, 0.1) is 0 Å². The number of nitrogens with zero attached hydrogens (tertiary/aromatic N) is 3. The summed E-state index contributed by atoms with van der Waals surface area (Å²) in [5, 5.41) is 0. The van der Waals surface area contributed by atoms with E-state index in [9.17, 15) is 9.59 Å². The summed E-state index contributed by atoms with van der Waals surface area (Å²) in [6.45, 7) is 1.86. The number of hydrogen-bond donors (Lipinski definition) is 0. The second kappa shape index (κ2) is 11.5. The van der Waals surface area contributed by atoms with Gasteiger partial charge in [0.2, 0.25) is 11.8 Å². The Labute approximate surface area is 206 Å². The van der Waals surface area contributed by atoms with E-state index >= 15 is 0 Å². The monoisotopic (exact) mass is 473 g/mol. The van der Waals surface area contributed by atoms with E-state index in [0.29, 0.717) is 26.2 Å². The molecule has 1 aromatic heterocycles. The van der Waals surface area contributed by atoms with E-state index in [1.54, 1.807) is 20.3 Å². The predicted molar refractivity (Wildman–Crippen MR) is 135 cm³/mol. The highest BCUT2D eigenvalue weighted by Gasteiger charge is 2.34. The smallest absolute Gasteiger partial charge is 0.247 e. The first-order chi connectivity index (χ1) is 17.1. The van der Waals surface area contributed by atoms with E-state index in [4.69, 9.17) is 9.47 Å². The molecule has 0 N–H and O–H groups in total. The lowest BCUT2D eigenvalue weighted by molar-refractivity contribution is -0.140. The molecule has 7 nitrogen and oxygen atoms in total. The molecule has 7 heteroatoms. The van der Waals surface area contributed by atoms with Crippen LogP contribution in [0.4, 0.5) is 0 Å². The lowest BCUT2D eigenvalue weighted by atomic mass is 9.98. The zero-order chi connectivity index (χ0) is 24.6. The molecule has 0 saturated heterocycles. The molecular formula is C28H31N3O4. The average Bonchev–Trinajstić information content (AvgIpc) is 3.38. The van der Waals surface area contributed by atoms with Crippen LogP contribution in [0.3, 0.4) is 0 Å². The normalized spacial score (nSPS) is 15.1. The van der Waals surface area contributed by atoms with E-state index in [2.05, 4.69) is 4.57 Å². The van der Waals surface area contributed by atoms with Crippen molar-refractivity contribution < 1.29 is 19.1 Å². The van der Waals surface area contributed by atoms with Gasteiger partial charge in [0.1, 0.15) is 18.3 Å². The van der Waals surface area contributed by atoms with Crippen molar-refractivity contribution >= 4 is 17.9 Å². The lowest BCUT2D eigenvalue weighted by Gasteiger charge is -2.38. The second-order valence-corrected chi connectivity index (χ2v) is 8.35. The van der Waals surface area contributed by atoms with Crippen LogP contribution < -0.4 is 4.74 Å². The van der Waals surface area contributed by atoms with Crippen molar-refractivity contribution in [2.24, 2.45) is 0 Å². The number of aromatic nitrogens is 1. The summed E-state index contributed by atoms with van der Waals surface area (Å²) < 4.78 is 13.0. The zero-order valence-corrected chi connectivity index (χ0v) is 20.2. The van der Waals surface area contributed by atoms with Crippen molar-refractivity contribution in [3.05, 3.63) is 95.8 Å². The van der Waals surface area contributed by atoms with Gasteiger partial charge < -0.3 is 23.8 Å². The topological polar surface area (TPSA) is 64.0 Å². The third kappa shape index (κ3) is 5.63. The molecule has 0 fully saturated rings. The Morgan fingerprint density at radius 3 is 2.54 bits per heavy atom. The van der Waals surface area contributed by atoms with Crippen LogP contribution in [-0.4, -0.2) is 66.6 Å². The summed E-state index contributed by atoms with van der Waals surface area (Å²) in [6.07, 6.45) is 5.30. The van der Waals surface area contributed by atoms with E-state index in [-0.39, 0.29) is 24.4 Å². The number of amides is 2. The molecule has 1 unspecified atom stereocenters. The number of methoxy groups -OCH3 is 2. The number of fused-ring (bicyclic) bond motifs is 1. The highest BCUT2D eigenvalue weighted by atomic mass is 16.5. The number of ether oxygens (including phenoxy) is 2. The SMILES string of the molecule is COCCN(CC(=O)N1CCn2cccc2C1c1ccccc1OC)C(=O)C=Cc1ccccc1. The molecule has 3 aromatic rings. The van der Waals surface area contributed by atoms with Gasteiger partial charge in [-0.05, 0) is 29.8 Å². The van der Waals surface area contributed by atoms with Crippen LogP contribution in [0.1, 0.15) is 22.9 Å². The molecule has 0 spiro atoms. The van der Waals surface area contributed by atoms with E-state index in [1.807, 2.05) is 77.8 Å². The van der Waals surface area contributed by atoms with Gasteiger partial charge in [-0.25, -0.2) is 0 Å². The fraction of sp³-hybridized carbons (Fsp3) is 0.286. The van der Waals surface area contributed by atoms with Gasteiger partial charge in [0.25, 0.3) is 0 Å². The summed E-state index contributed by atoms with van der Waals surface area (Å²) in [5.74, 6) is 0.377. The Hall–Kier alpha value is -3.84. The largest absolute Gasteiger partial charge is 0.496 e. The lowest BCUT2D eigenvalue weighted by Crippen LogP contribution is -2.48. The molecule has 182 valence electrons. The Balaban J connectivity index is 1.58. The first-order valence-corrected chi connectivity index (χ1v) is 11.7. The molecule has 0 radical (unpaired) electrons. The van der Waals surface area contributed by atoms with E-state index < -0.39 is 0 Å². The van der Waals surface area contributed by atoms with Crippen LogP contribution in [-0.2, 0) is 20.9 Å². The van der Waals surface area contributed by atoms with Gasteiger partial charge in [-0.3, -0.25) is 9.59 Å². The van der Waals surface area contributed by atoms with Crippen LogP contribution in [0.5, 0.6) is 5.75 Å². The van der Waals surface area contributed by atoms with Crippen LogP contribution >= 0.6 is 0 Å². The van der Waals surface area contributed by atoms with Gasteiger partial charge in [-0.1, -0.05) is 48.5 Å². The standard InChI is InChI=1S/C28H31N3O4/c1-34-20-19-30(26(32)15-14-22-9-4-3-5-10-22)21-27(33)31-18-17-29-16-8-12-24(29)28(31)23-11-6-7-13-25(23)35-2/h3-16,28H,17-21H2,1-2H3. The van der Waals surface area contributed by atoms with Crippen molar-refractivity contribution in [2.45, 2.75) is 12.6 Å². The first kappa shape index (κ1) is 24.3. The van der Waals surface area contributed by atoms with Gasteiger partial charge in [-0.15, -0.1) is 0 Å². The van der Waals surface area contributed by atoms with E-state index in [1.165, 1.54) is 11.0 Å². The van der Waals surface area contributed by atoms with Crippen molar-refractivity contribution in [1.29, 1.82) is 0 Å². The minimum absolute atomic E-state index is 0.0340. The van der Waals surface area contributed by atoms with Gasteiger partial charge in [0.15, 0.2) is 0 Å². The molecule has 1 aliphatic heterocycles. The molecule has 2 heterocycles. The molecule has 0 bridgehead atoms. The maximum absolute atomic E-state index is 13.7. The molecule has 2 aromatic carbocycles. The molecule has 2 amide bonds. The Kier molecular flexibility index (Phi) is 8.00. The van der Waals surface area contributed by atoms with Crippen LogP contribution in [0.2, 0.25) is 0 Å². The Bertz CT molecular complexity index is 1170. The van der Waals surface area contributed by atoms with Crippen molar-refractivity contribution in [2.75, 3.05) is 40.5 Å². The highest BCUT2D eigenvalue weighted by molar-refractivity contribution is 5.94. The summed E-state index contributed by atoms with van der Waals surface area (Å²) in [4.78, 5) is 30.1. The minimum atomic E-state index is -0.304. The fourth-order valence-electron chi connectivity index (χ4n) is 4.43. The quantitative estimate of drug-likeness (QED) is 0.446. The summed E-state index contributed by atoms with van der Waals surface area (Å²) in [7, 11) is 3.22. The zero-order valence-electron chi connectivity index (χ0n) is 20.2. The van der Waals surface area contributed by atoms with Crippen LogP contribution in [0.25, 0.3) is 6.08 Å². The molecule has 35 heavy (non-hydrogen) atoms. The van der Waals surface area contributed by atoms with Crippen LogP contribution in [0.15, 0.2) is 79.0 Å². The number of carbonyl (C=O) groups excluding carboxylic acids is 2.